The number of methoxy groups -OCH3 is 2. The maximum absolute atomic E-state index is 11.8. The lowest BCUT2D eigenvalue weighted by molar-refractivity contribution is -0.127. The molecule has 7 nitrogen and oxygen atoms in total. The van der Waals surface area contributed by atoms with Crippen LogP contribution >= 0.6 is 0 Å². The first kappa shape index (κ1) is 20.6. The van der Waals surface area contributed by atoms with Crippen LogP contribution in [0.1, 0.15) is 19.4 Å². The SMILES string of the molecule is COc1ccc(CN=C(NCC(=O)N(C)C)NCC(C)C)cc1OC. The summed E-state index contributed by atoms with van der Waals surface area (Å²) in [7, 11) is 6.67. The number of benzene rings is 1. The molecule has 0 aliphatic heterocycles. The third-order valence-electron chi connectivity index (χ3n) is 3.45. The molecule has 0 spiro atoms. The van der Waals surface area contributed by atoms with Crippen LogP contribution in [0, 0.1) is 5.92 Å². The molecule has 0 atom stereocenters. The van der Waals surface area contributed by atoms with Crippen LogP contribution < -0.4 is 20.1 Å². The van der Waals surface area contributed by atoms with Gasteiger partial charge in [-0.05, 0) is 23.6 Å². The Balaban J connectivity index is 2.80. The topological polar surface area (TPSA) is 75.2 Å². The van der Waals surface area contributed by atoms with Gasteiger partial charge in [0, 0.05) is 20.6 Å². The summed E-state index contributed by atoms with van der Waals surface area (Å²) in [5.41, 5.74) is 0.988. The van der Waals surface area contributed by atoms with Crippen molar-refractivity contribution < 1.29 is 14.3 Å². The van der Waals surface area contributed by atoms with E-state index < -0.39 is 0 Å². The number of ether oxygens (including phenoxy) is 2. The number of carbonyl (C=O) groups excluding carboxylic acids is 1. The molecule has 0 aliphatic carbocycles. The highest BCUT2D eigenvalue weighted by Crippen LogP contribution is 2.27. The van der Waals surface area contributed by atoms with Gasteiger partial charge in [-0.3, -0.25) is 4.79 Å². The molecule has 1 amide bonds. The van der Waals surface area contributed by atoms with Crippen LogP contribution in [-0.4, -0.2) is 58.2 Å². The molecular formula is C18H30N4O3. The first-order valence-electron chi connectivity index (χ1n) is 8.30. The van der Waals surface area contributed by atoms with Crippen LogP contribution in [-0.2, 0) is 11.3 Å². The van der Waals surface area contributed by atoms with Crippen molar-refractivity contribution >= 4 is 11.9 Å². The average Bonchev–Trinajstić information content (AvgIpc) is 2.59. The van der Waals surface area contributed by atoms with E-state index in [0.717, 1.165) is 12.1 Å². The molecule has 1 aromatic rings. The zero-order valence-corrected chi connectivity index (χ0v) is 16.0. The fourth-order valence-corrected chi connectivity index (χ4v) is 1.94. The maximum Gasteiger partial charge on any atom is 0.241 e. The molecule has 0 unspecified atom stereocenters. The van der Waals surface area contributed by atoms with Crippen molar-refractivity contribution in [3.8, 4) is 11.5 Å². The van der Waals surface area contributed by atoms with Gasteiger partial charge in [0.15, 0.2) is 17.5 Å². The summed E-state index contributed by atoms with van der Waals surface area (Å²) in [4.78, 5) is 17.9. The highest BCUT2D eigenvalue weighted by molar-refractivity contribution is 5.86. The molecule has 0 aliphatic rings. The lowest BCUT2D eigenvalue weighted by Gasteiger charge is -2.16. The van der Waals surface area contributed by atoms with Crippen LogP contribution in [0.25, 0.3) is 0 Å². The van der Waals surface area contributed by atoms with E-state index in [-0.39, 0.29) is 12.5 Å². The lowest BCUT2D eigenvalue weighted by atomic mass is 10.2. The van der Waals surface area contributed by atoms with Gasteiger partial charge in [-0.1, -0.05) is 19.9 Å². The molecule has 140 valence electrons. The molecule has 0 saturated carbocycles. The Morgan fingerprint density at radius 1 is 1.16 bits per heavy atom. The predicted octanol–water partition coefficient (Wildman–Crippen LogP) is 1.48. The molecule has 0 aromatic heterocycles. The number of hydrogen-bond acceptors (Lipinski definition) is 4. The van der Waals surface area contributed by atoms with E-state index in [4.69, 9.17) is 9.47 Å². The summed E-state index contributed by atoms with van der Waals surface area (Å²) >= 11 is 0. The van der Waals surface area contributed by atoms with E-state index >= 15 is 0 Å². The Hall–Kier alpha value is -2.44. The number of guanidine groups is 1. The van der Waals surface area contributed by atoms with Crippen molar-refractivity contribution in [3.63, 3.8) is 0 Å². The average molecular weight is 350 g/mol. The second-order valence-electron chi connectivity index (χ2n) is 6.27. The molecule has 0 heterocycles. The molecule has 0 fully saturated rings. The Morgan fingerprint density at radius 2 is 1.84 bits per heavy atom. The highest BCUT2D eigenvalue weighted by Gasteiger charge is 2.08. The van der Waals surface area contributed by atoms with Crippen LogP contribution in [0.15, 0.2) is 23.2 Å². The minimum atomic E-state index is -0.00911. The quantitative estimate of drug-likeness (QED) is 0.549. The largest absolute Gasteiger partial charge is 0.493 e. The zero-order chi connectivity index (χ0) is 18.8. The van der Waals surface area contributed by atoms with Crippen LogP contribution in [0.4, 0.5) is 0 Å². The second-order valence-corrected chi connectivity index (χ2v) is 6.27. The van der Waals surface area contributed by atoms with Gasteiger partial charge in [0.1, 0.15) is 0 Å². The van der Waals surface area contributed by atoms with Crippen molar-refractivity contribution in [2.45, 2.75) is 20.4 Å². The number of carbonyl (C=O) groups is 1. The molecule has 7 heteroatoms. The number of nitrogens with one attached hydrogen (secondary N) is 2. The second kappa shape index (κ2) is 10.4. The molecule has 0 radical (unpaired) electrons. The lowest BCUT2D eigenvalue weighted by Crippen LogP contribution is -2.44. The van der Waals surface area contributed by atoms with Gasteiger partial charge in [0.2, 0.25) is 5.91 Å². The summed E-state index contributed by atoms with van der Waals surface area (Å²) in [5.74, 6) is 2.42. The molecule has 1 aromatic carbocycles. The molecule has 0 saturated heterocycles. The monoisotopic (exact) mass is 350 g/mol. The number of aliphatic imine (C=N–C) groups is 1. The number of hydrogen-bond donors (Lipinski definition) is 2. The summed E-state index contributed by atoms with van der Waals surface area (Å²) in [6.45, 7) is 5.66. The van der Waals surface area contributed by atoms with E-state index in [1.165, 1.54) is 0 Å². The summed E-state index contributed by atoms with van der Waals surface area (Å²) in [6.07, 6.45) is 0. The van der Waals surface area contributed by atoms with E-state index in [9.17, 15) is 4.79 Å². The van der Waals surface area contributed by atoms with Gasteiger partial charge in [-0.15, -0.1) is 0 Å². The van der Waals surface area contributed by atoms with Crippen molar-refractivity contribution in [3.05, 3.63) is 23.8 Å². The van der Waals surface area contributed by atoms with Crippen LogP contribution in [0.3, 0.4) is 0 Å². The van der Waals surface area contributed by atoms with Crippen molar-refractivity contribution in [2.75, 3.05) is 41.4 Å². The minimum absolute atomic E-state index is 0.00911. The van der Waals surface area contributed by atoms with E-state index in [1.54, 1.807) is 33.2 Å². The molecule has 25 heavy (non-hydrogen) atoms. The van der Waals surface area contributed by atoms with Crippen molar-refractivity contribution in [1.82, 2.24) is 15.5 Å². The molecule has 0 bridgehead atoms. The molecule has 1 rings (SSSR count). The summed E-state index contributed by atoms with van der Waals surface area (Å²) in [6, 6.07) is 5.69. The third-order valence-corrected chi connectivity index (χ3v) is 3.45. The van der Waals surface area contributed by atoms with Gasteiger partial charge in [0.25, 0.3) is 0 Å². The van der Waals surface area contributed by atoms with Gasteiger partial charge in [-0.25, -0.2) is 4.99 Å². The Morgan fingerprint density at radius 3 is 2.40 bits per heavy atom. The maximum atomic E-state index is 11.8. The number of nitrogens with zero attached hydrogens (tertiary/aromatic N) is 2. The third kappa shape index (κ3) is 7.32. The first-order valence-corrected chi connectivity index (χ1v) is 8.30. The number of likely N-dealkylation sites (N-methyl/N-ethyl adjacent to an activating group) is 1. The summed E-state index contributed by atoms with van der Waals surface area (Å²) < 4.78 is 10.6. The number of amides is 1. The van der Waals surface area contributed by atoms with Crippen molar-refractivity contribution in [2.24, 2.45) is 10.9 Å². The zero-order valence-electron chi connectivity index (χ0n) is 16.0. The predicted molar refractivity (Wildman–Crippen MR) is 100 cm³/mol. The van der Waals surface area contributed by atoms with Gasteiger partial charge >= 0.3 is 0 Å². The van der Waals surface area contributed by atoms with Gasteiger partial charge < -0.3 is 25.0 Å². The van der Waals surface area contributed by atoms with Crippen LogP contribution in [0.5, 0.6) is 11.5 Å². The summed E-state index contributed by atoms with van der Waals surface area (Å²) in [5, 5.41) is 6.32. The smallest absolute Gasteiger partial charge is 0.241 e. The minimum Gasteiger partial charge on any atom is -0.493 e. The Labute approximate surface area is 150 Å². The molecule has 2 N–H and O–H groups in total. The van der Waals surface area contributed by atoms with Crippen molar-refractivity contribution in [1.29, 1.82) is 0 Å². The van der Waals surface area contributed by atoms with Gasteiger partial charge in [0.05, 0.1) is 27.3 Å². The highest BCUT2D eigenvalue weighted by atomic mass is 16.5. The Bertz CT molecular complexity index is 586. The fraction of sp³-hybridized carbons (Fsp3) is 0.556. The van der Waals surface area contributed by atoms with E-state index in [1.807, 2.05) is 18.2 Å². The number of rotatable bonds is 8. The fourth-order valence-electron chi connectivity index (χ4n) is 1.94. The molecular weight excluding hydrogens is 320 g/mol. The standard InChI is InChI=1S/C18H30N4O3/c1-13(2)10-19-18(21-12-17(23)22(3)4)20-11-14-7-8-15(24-5)16(9-14)25-6/h7-9,13H,10-12H2,1-6H3,(H2,19,20,21). The van der Waals surface area contributed by atoms with Crippen LogP contribution in [0.2, 0.25) is 0 Å². The normalized spacial score (nSPS) is 11.2. The van der Waals surface area contributed by atoms with E-state index in [0.29, 0.717) is 29.9 Å². The Kier molecular flexibility index (Phi) is 8.60. The first-order chi connectivity index (χ1) is 11.9. The van der Waals surface area contributed by atoms with Gasteiger partial charge in [-0.2, -0.15) is 0 Å². The van der Waals surface area contributed by atoms with E-state index in [2.05, 4.69) is 29.5 Å².